The van der Waals surface area contributed by atoms with Crippen LogP contribution in [0.1, 0.15) is 5.69 Å². The van der Waals surface area contributed by atoms with E-state index in [2.05, 4.69) is 10.2 Å². The molecule has 0 amide bonds. The number of rotatable bonds is 5. The van der Waals surface area contributed by atoms with Crippen molar-refractivity contribution >= 4 is 5.69 Å². The fourth-order valence-electron chi connectivity index (χ4n) is 2.13. The number of nitrogens with two attached hydrogens (primary N) is 1. The van der Waals surface area contributed by atoms with Crippen LogP contribution in [-0.4, -0.2) is 17.3 Å². The first kappa shape index (κ1) is 14.0. The molecule has 3 aromatic rings. The van der Waals surface area contributed by atoms with Crippen molar-refractivity contribution in [3.63, 3.8) is 0 Å². The first-order valence-corrected chi connectivity index (χ1v) is 6.92. The Hall–Kier alpha value is -2.95. The zero-order chi connectivity index (χ0) is 15.4. The van der Waals surface area contributed by atoms with E-state index in [1.165, 1.54) is 0 Å². The van der Waals surface area contributed by atoms with Crippen molar-refractivity contribution in [2.45, 2.75) is 6.61 Å². The van der Waals surface area contributed by atoms with Crippen LogP contribution in [0.5, 0.6) is 11.5 Å². The van der Waals surface area contributed by atoms with Gasteiger partial charge in [-0.3, -0.25) is 5.10 Å². The third kappa shape index (κ3) is 3.03. The molecule has 1 aromatic heterocycles. The number of nitrogen functional groups attached to an aromatic ring is 1. The van der Waals surface area contributed by atoms with Crippen LogP contribution < -0.4 is 15.2 Å². The molecule has 0 saturated carbocycles. The summed E-state index contributed by atoms with van der Waals surface area (Å²) in [4.78, 5) is 0. The van der Waals surface area contributed by atoms with Crippen LogP contribution in [0.25, 0.3) is 11.3 Å². The molecule has 0 unspecified atom stereocenters. The fraction of sp³-hybridized carbons (Fsp3) is 0.118. The van der Waals surface area contributed by atoms with Crippen LogP contribution in [-0.2, 0) is 6.61 Å². The number of nitrogens with zero attached hydrogens (tertiary/aromatic N) is 1. The van der Waals surface area contributed by atoms with Crippen molar-refractivity contribution in [3.8, 4) is 22.8 Å². The SMILES string of the molecule is COc1ccccc1OCc1cc(-c2ccc(N)cc2)n[nH]1. The smallest absolute Gasteiger partial charge is 0.161 e. The Balaban J connectivity index is 1.71. The second kappa shape index (κ2) is 6.22. The van der Waals surface area contributed by atoms with E-state index < -0.39 is 0 Å². The summed E-state index contributed by atoms with van der Waals surface area (Å²) in [6.45, 7) is 0.391. The highest BCUT2D eigenvalue weighted by Crippen LogP contribution is 2.27. The van der Waals surface area contributed by atoms with Crippen LogP contribution in [0.2, 0.25) is 0 Å². The van der Waals surface area contributed by atoms with Gasteiger partial charge in [-0.25, -0.2) is 0 Å². The number of methoxy groups -OCH3 is 1. The van der Waals surface area contributed by atoms with Gasteiger partial charge in [0, 0.05) is 11.3 Å². The maximum atomic E-state index is 5.77. The molecule has 0 radical (unpaired) electrons. The minimum absolute atomic E-state index is 0.391. The van der Waals surface area contributed by atoms with Gasteiger partial charge in [0.1, 0.15) is 6.61 Å². The molecule has 0 saturated heterocycles. The number of hydrogen-bond acceptors (Lipinski definition) is 4. The lowest BCUT2D eigenvalue weighted by Crippen LogP contribution is -1.97. The van der Waals surface area contributed by atoms with Gasteiger partial charge in [0.2, 0.25) is 0 Å². The van der Waals surface area contributed by atoms with Crippen molar-refractivity contribution < 1.29 is 9.47 Å². The van der Waals surface area contributed by atoms with Crippen LogP contribution in [0.4, 0.5) is 5.69 Å². The number of para-hydroxylation sites is 2. The molecule has 0 aliphatic heterocycles. The van der Waals surface area contributed by atoms with Gasteiger partial charge in [-0.2, -0.15) is 5.10 Å². The molecular formula is C17H17N3O2. The molecule has 5 heteroatoms. The topological polar surface area (TPSA) is 73.2 Å². The highest BCUT2D eigenvalue weighted by atomic mass is 16.5. The maximum absolute atomic E-state index is 5.77. The lowest BCUT2D eigenvalue weighted by atomic mass is 10.1. The molecular weight excluding hydrogens is 278 g/mol. The van der Waals surface area contributed by atoms with E-state index in [1.54, 1.807) is 7.11 Å². The molecule has 0 atom stereocenters. The lowest BCUT2D eigenvalue weighted by molar-refractivity contribution is 0.280. The molecule has 0 fully saturated rings. The first-order valence-electron chi connectivity index (χ1n) is 6.92. The van der Waals surface area contributed by atoms with E-state index in [4.69, 9.17) is 15.2 Å². The van der Waals surface area contributed by atoms with Gasteiger partial charge in [0.25, 0.3) is 0 Å². The summed E-state index contributed by atoms with van der Waals surface area (Å²) in [7, 11) is 1.62. The minimum atomic E-state index is 0.391. The fourth-order valence-corrected chi connectivity index (χ4v) is 2.13. The standard InChI is InChI=1S/C17H17N3O2/c1-21-16-4-2-3-5-17(16)22-11-14-10-15(20-19-14)12-6-8-13(18)9-7-12/h2-10H,11,18H2,1H3,(H,19,20). The van der Waals surface area contributed by atoms with Gasteiger partial charge >= 0.3 is 0 Å². The van der Waals surface area contributed by atoms with Gasteiger partial charge < -0.3 is 15.2 Å². The monoisotopic (exact) mass is 295 g/mol. The van der Waals surface area contributed by atoms with Gasteiger partial charge in [-0.1, -0.05) is 24.3 Å². The summed E-state index contributed by atoms with van der Waals surface area (Å²) in [6.07, 6.45) is 0. The summed E-state index contributed by atoms with van der Waals surface area (Å²) in [5.41, 5.74) is 9.18. The third-order valence-electron chi connectivity index (χ3n) is 3.29. The first-order chi connectivity index (χ1) is 10.8. The minimum Gasteiger partial charge on any atom is -0.493 e. The lowest BCUT2D eigenvalue weighted by Gasteiger charge is -2.08. The molecule has 0 aliphatic carbocycles. The average molecular weight is 295 g/mol. The summed E-state index contributed by atoms with van der Waals surface area (Å²) in [6, 6.07) is 17.1. The Morgan fingerprint density at radius 3 is 2.50 bits per heavy atom. The van der Waals surface area contributed by atoms with Crippen molar-refractivity contribution in [2.75, 3.05) is 12.8 Å². The number of aromatic amines is 1. The van der Waals surface area contributed by atoms with E-state index in [0.29, 0.717) is 18.1 Å². The average Bonchev–Trinajstić information content (AvgIpc) is 3.03. The molecule has 3 N–H and O–H groups in total. The Labute approximate surface area is 128 Å². The summed E-state index contributed by atoms with van der Waals surface area (Å²) in [5, 5.41) is 7.27. The van der Waals surface area contributed by atoms with Gasteiger partial charge in [0.05, 0.1) is 18.5 Å². The number of anilines is 1. The highest BCUT2D eigenvalue weighted by Gasteiger charge is 2.07. The molecule has 0 spiro atoms. The number of nitrogens with one attached hydrogen (secondary N) is 1. The molecule has 5 nitrogen and oxygen atoms in total. The van der Waals surface area contributed by atoms with Gasteiger partial charge in [-0.15, -0.1) is 0 Å². The van der Waals surface area contributed by atoms with E-state index in [1.807, 2.05) is 54.6 Å². The van der Waals surface area contributed by atoms with Gasteiger partial charge in [-0.05, 0) is 30.3 Å². The van der Waals surface area contributed by atoms with Crippen molar-refractivity contribution in [2.24, 2.45) is 0 Å². The number of ether oxygens (including phenoxy) is 2. The second-order valence-corrected chi connectivity index (χ2v) is 4.84. The van der Waals surface area contributed by atoms with E-state index in [9.17, 15) is 0 Å². The van der Waals surface area contributed by atoms with Crippen molar-refractivity contribution in [1.82, 2.24) is 10.2 Å². The second-order valence-electron chi connectivity index (χ2n) is 4.84. The quantitative estimate of drug-likeness (QED) is 0.709. The molecule has 2 aromatic carbocycles. The Bertz CT molecular complexity index is 751. The van der Waals surface area contributed by atoms with Crippen LogP contribution >= 0.6 is 0 Å². The van der Waals surface area contributed by atoms with Gasteiger partial charge in [0.15, 0.2) is 11.5 Å². The maximum Gasteiger partial charge on any atom is 0.161 e. The molecule has 1 heterocycles. The van der Waals surface area contributed by atoms with E-state index in [0.717, 1.165) is 22.6 Å². The zero-order valence-electron chi connectivity index (χ0n) is 12.2. The van der Waals surface area contributed by atoms with Crippen molar-refractivity contribution in [1.29, 1.82) is 0 Å². The summed E-state index contributed by atoms with van der Waals surface area (Å²) in [5.74, 6) is 1.41. The molecule has 3 rings (SSSR count). The predicted molar refractivity (Wildman–Crippen MR) is 85.8 cm³/mol. The van der Waals surface area contributed by atoms with E-state index in [-0.39, 0.29) is 0 Å². The molecule has 0 aliphatic rings. The predicted octanol–water partition coefficient (Wildman–Crippen LogP) is 3.25. The number of aromatic nitrogens is 2. The zero-order valence-corrected chi connectivity index (χ0v) is 12.2. The normalized spacial score (nSPS) is 10.4. The largest absolute Gasteiger partial charge is 0.493 e. The molecule has 112 valence electrons. The van der Waals surface area contributed by atoms with Crippen LogP contribution in [0.3, 0.4) is 0 Å². The van der Waals surface area contributed by atoms with Crippen LogP contribution in [0.15, 0.2) is 54.6 Å². The van der Waals surface area contributed by atoms with Crippen LogP contribution in [0, 0.1) is 0 Å². The number of H-pyrrole nitrogens is 1. The molecule has 0 bridgehead atoms. The Morgan fingerprint density at radius 2 is 1.77 bits per heavy atom. The van der Waals surface area contributed by atoms with Crippen molar-refractivity contribution in [3.05, 3.63) is 60.3 Å². The Kier molecular flexibility index (Phi) is 3.96. The molecule has 22 heavy (non-hydrogen) atoms. The summed E-state index contributed by atoms with van der Waals surface area (Å²) < 4.78 is 11.0. The highest BCUT2D eigenvalue weighted by molar-refractivity contribution is 5.61. The number of hydrogen-bond donors (Lipinski definition) is 2. The van der Waals surface area contributed by atoms with E-state index >= 15 is 0 Å². The number of benzene rings is 2. The third-order valence-corrected chi connectivity index (χ3v) is 3.29. The Morgan fingerprint density at radius 1 is 1.05 bits per heavy atom. The summed E-state index contributed by atoms with van der Waals surface area (Å²) >= 11 is 0.